The first-order valence-corrected chi connectivity index (χ1v) is 13.7. The van der Waals surface area contributed by atoms with E-state index in [2.05, 4.69) is 4.98 Å². The number of hydrogen-bond donors (Lipinski definition) is 0. The Hall–Kier alpha value is -3.82. The number of carbonyl (C=O) groups is 1. The van der Waals surface area contributed by atoms with Crippen molar-refractivity contribution in [3.63, 3.8) is 0 Å². The Labute approximate surface area is 211 Å². The van der Waals surface area contributed by atoms with Crippen molar-refractivity contribution < 1.29 is 22.7 Å². The number of imidazole rings is 1. The highest BCUT2D eigenvalue weighted by Crippen LogP contribution is 2.33. The van der Waals surface area contributed by atoms with Crippen molar-refractivity contribution in [3.05, 3.63) is 90.5 Å². The molecule has 4 aromatic carbocycles. The number of carbonyl (C=O) groups excluding carboxylic acids is 1. The Morgan fingerprint density at radius 3 is 2.47 bits per heavy atom. The van der Waals surface area contributed by atoms with Crippen LogP contribution in [0.15, 0.2) is 95.0 Å². The smallest absolute Gasteiger partial charge is 0.270 e. The lowest BCUT2D eigenvalue weighted by Gasteiger charge is -2.18. The number of fused-ring (bicyclic) bond motifs is 3. The molecule has 0 N–H and O–H groups in total. The van der Waals surface area contributed by atoms with E-state index in [4.69, 9.17) is 9.47 Å². The number of benzene rings is 4. The van der Waals surface area contributed by atoms with Gasteiger partial charge in [-0.3, -0.25) is 4.79 Å². The Kier molecular flexibility index (Phi) is 5.66. The fourth-order valence-corrected chi connectivity index (χ4v) is 6.81. The molecule has 1 aliphatic rings. The first kappa shape index (κ1) is 22.6. The molecular formula is C27H20N2O5S2. The van der Waals surface area contributed by atoms with Crippen molar-refractivity contribution in [2.24, 2.45) is 0 Å². The third-order valence-electron chi connectivity index (χ3n) is 5.95. The molecule has 6 rings (SSSR count). The van der Waals surface area contributed by atoms with Crippen LogP contribution in [0.25, 0.3) is 21.8 Å². The third-order valence-corrected chi connectivity index (χ3v) is 8.70. The summed E-state index contributed by atoms with van der Waals surface area (Å²) in [7, 11) is -3.98. The summed E-state index contributed by atoms with van der Waals surface area (Å²) in [6, 6.07) is 24.7. The normalized spacial score (nSPS) is 13.2. The minimum Gasteiger partial charge on any atom is -0.486 e. The summed E-state index contributed by atoms with van der Waals surface area (Å²) in [5.41, 5.74) is 1.46. The lowest BCUT2D eigenvalue weighted by Crippen LogP contribution is -2.16. The number of ether oxygens (including phenoxy) is 2. The van der Waals surface area contributed by atoms with E-state index in [1.807, 2.05) is 24.3 Å². The predicted octanol–water partition coefficient (Wildman–Crippen LogP) is 5.17. The van der Waals surface area contributed by atoms with Gasteiger partial charge in [0.1, 0.15) is 13.2 Å². The minimum atomic E-state index is -3.98. The summed E-state index contributed by atoms with van der Waals surface area (Å²) >= 11 is 1.09. The van der Waals surface area contributed by atoms with Crippen molar-refractivity contribution in [1.29, 1.82) is 0 Å². The monoisotopic (exact) mass is 516 g/mol. The van der Waals surface area contributed by atoms with E-state index < -0.39 is 10.0 Å². The van der Waals surface area contributed by atoms with E-state index in [1.165, 1.54) is 3.97 Å². The van der Waals surface area contributed by atoms with Crippen LogP contribution in [0.1, 0.15) is 10.4 Å². The van der Waals surface area contributed by atoms with Crippen LogP contribution in [-0.4, -0.2) is 42.1 Å². The molecule has 0 saturated carbocycles. The zero-order valence-electron chi connectivity index (χ0n) is 19.0. The van der Waals surface area contributed by atoms with Gasteiger partial charge in [0.2, 0.25) is 0 Å². The Balaban J connectivity index is 1.36. The first-order chi connectivity index (χ1) is 17.5. The Morgan fingerprint density at radius 1 is 0.861 bits per heavy atom. The molecule has 0 unspecified atom stereocenters. The van der Waals surface area contributed by atoms with Gasteiger partial charge in [-0.1, -0.05) is 54.2 Å². The molecule has 0 aliphatic carbocycles. The molecule has 1 aromatic heterocycles. The molecule has 180 valence electrons. The second kappa shape index (κ2) is 9.00. The van der Waals surface area contributed by atoms with E-state index in [-0.39, 0.29) is 21.6 Å². The van der Waals surface area contributed by atoms with Crippen LogP contribution in [-0.2, 0) is 10.0 Å². The molecular weight excluding hydrogens is 496 g/mol. The van der Waals surface area contributed by atoms with Crippen molar-refractivity contribution in [3.8, 4) is 11.5 Å². The first-order valence-electron chi connectivity index (χ1n) is 11.3. The zero-order chi connectivity index (χ0) is 24.7. The Morgan fingerprint density at radius 2 is 1.61 bits per heavy atom. The van der Waals surface area contributed by atoms with Crippen LogP contribution in [0.5, 0.6) is 11.5 Å². The van der Waals surface area contributed by atoms with Gasteiger partial charge in [-0.15, -0.1) is 0 Å². The van der Waals surface area contributed by atoms with E-state index in [9.17, 15) is 13.2 Å². The highest BCUT2D eigenvalue weighted by molar-refractivity contribution is 8.00. The van der Waals surface area contributed by atoms with E-state index in [0.717, 1.165) is 22.5 Å². The minimum absolute atomic E-state index is 0.0101. The van der Waals surface area contributed by atoms with Crippen LogP contribution in [0, 0.1) is 0 Å². The van der Waals surface area contributed by atoms with Crippen LogP contribution in [0.4, 0.5) is 0 Å². The average Bonchev–Trinajstić information content (AvgIpc) is 3.30. The zero-order valence-corrected chi connectivity index (χ0v) is 20.6. The molecule has 0 bridgehead atoms. The van der Waals surface area contributed by atoms with E-state index >= 15 is 0 Å². The number of thioether (sulfide) groups is 1. The summed E-state index contributed by atoms with van der Waals surface area (Å²) < 4.78 is 40.0. The topological polar surface area (TPSA) is 87.5 Å². The summed E-state index contributed by atoms with van der Waals surface area (Å²) in [6.07, 6.45) is 0. The number of ketones is 1. The van der Waals surface area contributed by atoms with Crippen LogP contribution in [0.3, 0.4) is 0 Å². The molecule has 0 spiro atoms. The largest absolute Gasteiger partial charge is 0.486 e. The summed E-state index contributed by atoms with van der Waals surface area (Å²) in [4.78, 5) is 17.7. The molecule has 0 atom stereocenters. The maximum Gasteiger partial charge on any atom is 0.270 e. The number of para-hydroxylation sites is 2. The van der Waals surface area contributed by atoms with E-state index in [1.54, 1.807) is 60.7 Å². The van der Waals surface area contributed by atoms with Crippen molar-refractivity contribution in [2.45, 2.75) is 10.1 Å². The van der Waals surface area contributed by atoms with Crippen LogP contribution in [0.2, 0.25) is 0 Å². The van der Waals surface area contributed by atoms with Gasteiger partial charge in [0.25, 0.3) is 10.0 Å². The maximum absolute atomic E-state index is 13.8. The Bertz CT molecular complexity index is 1740. The average molecular weight is 517 g/mol. The van der Waals surface area contributed by atoms with Gasteiger partial charge < -0.3 is 9.47 Å². The second-order valence-corrected chi connectivity index (χ2v) is 11.0. The number of Topliss-reactive ketones (excluding diaryl/α,β-unsaturated/α-hetero) is 1. The van der Waals surface area contributed by atoms with Gasteiger partial charge in [0.05, 0.1) is 21.7 Å². The highest BCUT2D eigenvalue weighted by Gasteiger charge is 2.26. The van der Waals surface area contributed by atoms with Crippen molar-refractivity contribution in [1.82, 2.24) is 8.96 Å². The lowest BCUT2D eigenvalue weighted by molar-refractivity contribution is 0.102. The molecule has 0 amide bonds. The molecule has 0 saturated heterocycles. The molecule has 9 heteroatoms. The van der Waals surface area contributed by atoms with Gasteiger partial charge in [0, 0.05) is 5.56 Å². The molecule has 1 aliphatic heterocycles. The quantitative estimate of drug-likeness (QED) is 0.227. The van der Waals surface area contributed by atoms with Gasteiger partial charge in [0.15, 0.2) is 22.4 Å². The molecule has 36 heavy (non-hydrogen) atoms. The summed E-state index contributed by atoms with van der Waals surface area (Å²) in [5, 5.41) is 2.01. The molecule has 0 fully saturated rings. The molecule has 5 aromatic rings. The SMILES string of the molecule is O=C(CSc1nc2ccccc2n1S(=O)(=O)c1ccc2ccccc2c1)c1ccc2c(c1)OCCO2. The predicted molar refractivity (Wildman–Crippen MR) is 139 cm³/mol. The summed E-state index contributed by atoms with van der Waals surface area (Å²) in [6.45, 7) is 0.897. The molecule has 0 radical (unpaired) electrons. The number of hydrogen-bond acceptors (Lipinski definition) is 7. The van der Waals surface area contributed by atoms with Gasteiger partial charge in [-0.2, -0.15) is 0 Å². The third kappa shape index (κ3) is 4.00. The highest BCUT2D eigenvalue weighted by atomic mass is 32.2. The van der Waals surface area contributed by atoms with Gasteiger partial charge in [-0.25, -0.2) is 17.4 Å². The molecule has 7 nitrogen and oxygen atoms in total. The van der Waals surface area contributed by atoms with Crippen molar-refractivity contribution in [2.75, 3.05) is 19.0 Å². The van der Waals surface area contributed by atoms with Crippen LogP contribution < -0.4 is 9.47 Å². The standard InChI is InChI=1S/C27H20N2O5S2/c30-24(20-10-12-25-26(16-20)34-14-13-33-25)17-35-27-28-22-7-3-4-8-23(22)29(27)36(31,32)21-11-9-18-5-1-2-6-19(18)15-21/h1-12,15-16H,13-14,17H2. The number of rotatable bonds is 6. The fourth-order valence-electron chi connectivity index (χ4n) is 4.17. The van der Waals surface area contributed by atoms with Gasteiger partial charge >= 0.3 is 0 Å². The van der Waals surface area contributed by atoms with Gasteiger partial charge in [-0.05, 0) is 53.2 Å². The lowest BCUT2D eigenvalue weighted by atomic mass is 10.1. The van der Waals surface area contributed by atoms with E-state index in [0.29, 0.717) is 41.3 Å². The van der Waals surface area contributed by atoms with Crippen molar-refractivity contribution >= 4 is 49.4 Å². The fraction of sp³-hybridized carbons (Fsp3) is 0.111. The maximum atomic E-state index is 13.8. The van der Waals surface area contributed by atoms with Crippen LogP contribution >= 0.6 is 11.8 Å². The number of aromatic nitrogens is 2. The number of nitrogens with zero attached hydrogens (tertiary/aromatic N) is 2. The summed E-state index contributed by atoms with van der Waals surface area (Å²) in [5.74, 6) is 0.978. The molecule has 2 heterocycles. The second-order valence-electron chi connectivity index (χ2n) is 8.23.